The van der Waals surface area contributed by atoms with Gasteiger partial charge in [0.2, 0.25) is 3.79 Å². The Morgan fingerprint density at radius 3 is 2.55 bits per heavy atom. The molecule has 0 saturated heterocycles. The monoisotopic (exact) mass is 664 g/mol. The number of oxime groups is 1. The van der Waals surface area contributed by atoms with Gasteiger partial charge < -0.3 is 10.2 Å². The highest BCUT2D eigenvalue weighted by Crippen LogP contribution is 2.35. The summed E-state index contributed by atoms with van der Waals surface area (Å²) >= 11 is 5.10. The molecule has 0 aromatic heterocycles. The van der Waals surface area contributed by atoms with Crippen LogP contribution in [0.2, 0.25) is 5.02 Å². The molecule has 38 heavy (non-hydrogen) atoms. The fraction of sp³-hybridized carbons (Fsp3) is 0.241. The normalized spacial score (nSPS) is 19.8. The summed E-state index contributed by atoms with van der Waals surface area (Å²) in [5, 5.41) is 8.00. The quantitative estimate of drug-likeness (QED) is 0.0336. The zero-order valence-corrected chi connectivity index (χ0v) is 25.2. The van der Waals surface area contributed by atoms with Gasteiger partial charge in [-0.3, -0.25) is 9.59 Å². The molecule has 2 heterocycles. The Morgan fingerprint density at radius 1 is 1.18 bits per heavy atom. The Kier molecular flexibility index (Phi) is 11.4. The molecule has 3 rings (SSSR count). The van der Waals surface area contributed by atoms with E-state index in [4.69, 9.17) is 16.4 Å². The van der Waals surface area contributed by atoms with E-state index >= 15 is 0 Å². The van der Waals surface area contributed by atoms with E-state index in [1.54, 1.807) is 30.0 Å². The van der Waals surface area contributed by atoms with Crippen molar-refractivity contribution >= 4 is 71.5 Å². The van der Waals surface area contributed by atoms with E-state index < -0.39 is 24.8 Å². The molecule has 9 heteroatoms. The minimum Gasteiger partial charge on any atom is -0.377 e. The number of hydrogen-bond donors (Lipinski definition) is 1. The fourth-order valence-corrected chi connectivity index (χ4v) is 9.27. The van der Waals surface area contributed by atoms with Crippen LogP contribution in [0.5, 0.6) is 0 Å². The average molecular weight is 665 g/mol. The summed E-state index contributed by atoms with van der Waals surface area (Å²) in [6.45, 7) is 8.88. The first kappa shape index (κ1) is 29.9. The number of nitrogens with zero attached hydrogens (tertiary/aromatic N) is 1. The summed E-state index contributed by atoms with van der Waals surface area (Å²) in [6.07, 6.45) is 11.0. The van der Waals surface area contributed by atoms with E-state index in [-0.39, 0.29) is 27.2 Å². The lowest BCUT2D eigenvalue weighted by atomic mass is 9.94. The molecule has 0 fully saturated rings. The molecular formula is C29H30ClIN2O4S. The van der Waals surface area contributed by atoms with Crippen LogP contribution in [0.4, 0.5) is 0 Å². The van der Waals surface area contributed by atoms with Gasteiger partial charge in [0, 0.05) is 46.2 Å². The Hall–Kier alpha value is -2.69. The summed E-state index contributed by atoms with van der Waals surface area (Å²) < 4.78 is 3.96. The molecule has 6 nitrogen and oxygen atoms in total. The van der Waals surface area contributed by atoms with Crippen molar-refractivity contribution in [1.29, 1.82) is 0 Å². The van der Waals surface area contributed by atoms with Gasteiger partial charge >= 0.3 is 5.97 Å². The summed E-state index contributed by atoms with van der Waals surface area (Å²) in [5.74, 6) is -0.178. The van der Waals surface area contributed by atoms with Crippen LogP contribution in [0, 0.1) is 5.92 Å². The standard InChI is InChI=1S/C29H30ClIN2O4S/c1-5-8-20(6-2)28(35)14-13-23-24-17-31(18-27(24)32-25(23)7-3)29(36)26(33-37-19(4)34)15-16-38-22-11-9-21(30)10-12-22/h5-14,17-18,23,25,32H,3,15-16H2,1-2,4H3/b8-5-,14-13+,20-6+,33-26+. The third-order valence-corrected chi connectivity index (χ3v) is 11.3. The molecule has 0 bridgehead atoms. The highest BCUT2D eigenvalue weighted by molar-refractivity contribution is 14.2. The number of nitrogens with one attached hydrogen (secondary N) is 1. The van der Waals surface area contributed by atoms with Crippen molar-refractivity contribution in [3.8, 4) is 0 Å². The molecule has 1 N–H and O–H groups in total. The van der Waals surface area contributed by atoms with E-state index in [0.29, 0.717) is 22.8 Å². The van der Waals surface area contributed by atoms with Crippen molar-refractivity contribution in [3.05, 3.63) is 89.2 Å². The number of halogens is 2. The zero-order valence-electron chi connectivity index (χ0n) is 21.4. The van der Waals surface area contributed by atoms with Gasteiger partial charge in [0.15, 0.2) is 5.78 Å². The number of hydrogen-bond acceptors (Lipinski definition) is 7. The van der Waals surface area contributed by atoms with Gasteiger partial charge in [-0.15, -0.1) is 18.3 Å². The first-order valence-corrected chi connectivity index (χ1v) is 16.9. The van der Waals surface area contributed by atoms with Crippen LogP contribution in [0.1, 0.15) is 27.2 Å². The van der Waals surface area contributed by atoms with Gasteiger partial charge in [0.1, 0.15) is 5.71 Å². The molecule has 2 aliphatic rings. The van der Waals surface area contributed by atoms with Crippen molar-refractivity contribution in [3.63, 3.8) is 0 Å². The molecule has 0 saturated carbocycles. The minimum absolute atomic E-state index is 0.0783. The van der Waals surface area contributed by atoms with Gasteiger partial charge in [0.25, 0.3) is 0 Å². The number of allylic oxidation sites excluding steroid dienone is 6. The molecule has 0 radical (unpaired) electrons. The predicted octanol–water partition coefficient (Wildman–Crippen LogP) is 6.07. The van der Waals surface area contributed by atoms with Gasteiger partial charge in [-0.05, 0) is 57.8 Å². The topological polar surface area (TPSA) is 84.8 Å². The Morgan fingerprint density at radius 2 is 1.92 bits per heavy atom. The van der Waals surface area contributed by atoms with Gasteiger partial charge in [-0.2, -0.15) is 0 Å². The summed E-state index contributed by atoms with van der Waals surface area (Å²) in [6, 6.07) is 7.38. The summed E-state index contributed by atoms with van der Waals surface area (Å²) in [7, 11) is 0. The first-order chi connectivity index (χ1) is 18.3. The van der Waals surface area contributed by atoms with Crippen molar-refractivity contribution in [2.75, 3.05) is 5.75 Å². The maximum Gasteiger partial charge on any atom is 0.331 e. The molecule has 2 atom stereocenters. The average Bonchev–Trinajstić information content (AvgIpc) is 3.46. The van der Waals surface area contributed by atoms with Crippen LogP contribution in [0.25, 0.3) is 0 Å². The van der Waals surface area contributed by atoms with Crippen molar-refractivity contribution in [2.45, 2.75) is 38.1 Å². The van der Waals surface area contributed by atoms with Crippen molar-refractivity contribution in [2.24, 2.45) is 11.1 Å². The number of thioether (sulfide) groups is 1. The molecule has 0 spiro atoms. The maximum atomic E-state index is 13.5. The molecule has 1 aromatic carbocycles. The SMILES string of the molecule is C=CC1NC2=C(C=I(C(=O)/C(CCSc3ccc(Cl)cc3)=N/OC(C)=O)=C2)C1/C=C/C(=O)C(/C=C\C)=C/C. The fourth-order valence-electron chi connectivity index (χ4n) is 3.76. The van der Waals surface area contributed by atoms with Gasteiger partial charge in [-0.1, -0.05) is 66.0 Å². The summed E-state index contributed by atoms with van der Waals surface area (Å²) in [5.41, 5.74) is 2.77. The van der Waals surface area contributed by atoms with Crippen molar-refractivity contribution in [1.82, 2.24) is 5.32 Å². The molecule has 1 aromatic rings. The second-order valence-corrected chi connectivity index (χ2v) is 14.1. The lowest BCUT2D eigenvalue weighted by Gasteiger charge is -2.15. The first-order valence-electron chi connectivity index (χ1n) is 12.0. The van der Waals surface area contributed by atoms with Crippen LogP contribution >= 0.6 is 42.2 Å². The molecule has 2 unspecified atom stereocenters. The van der Waals surface area contributed by atoms with Crippen molar-refractivity contribution < 1.29 is 19.2 Å². The maximum absolute atomic E-state index is 13.5. The number of carbonyl (C=O) groups is 3. The number of carbonyl (C=O) groups excluding carboxylic acids is 3. The molecule has 200 valence electrons. The van der Waals surface area contributed by atoms with Gasteiger partial charge in [0.05, 0.1) is 6.04 Å². The highest BCUT2D eigenvalue weighted by atomic mass is 127. The minimum atomic E-state index is -2.43. The second-order valence-electron chi connectivity index (χ2n) is 8.28. The van der Waals surface area contributed by atoms with E-state index in [1.807, 2.05) is 64.4 Å². The molecule has 0 amide bonds. The number of rotatable bonds is 12. The largest absolute Gasteiger partial charge is 0.377 e. The van der Waals surface area contributed by atoms with Crippen LogP contribution in [0.15, 0.2) is 94.2 Å². The van der Waals surface area contributed by atoms with E-state index in [9.17, 15) is 14.4 Å². The van der Waals surface area contributed by atoms with Crippen LogP contribution in [0.3, 0.4) is 0 Å². The lowest BCUT2D eigenvalue weighted by Crippen LogP contribution is -2.26. The zero-order chi connectivity index (χ0) is 27.7. The number of benzene rings is 1. The Balaban J connectivity index is 1.77. The Bertz CT molecular complexity index is 1360. The molecule has 0 aliphatic carbocycles. The molecule has 2 aliphatic heterocycles. The van der Waals surface area contributed by atoms with Crippen LogP contribution in [-0.4, -0.2) is 41.1 Å². The smallest absolute Gasteiger partial charge is 0.331 e. The third kappa shape index (κ3) is 7.91. The predicted molar refractivity (Wildman–Crippen MR) is 168 cm³/mol. The van der Waals surface area contributed by atoms with E-state index in [2.05, 4.69) is 17.1 Å². The van der Waals surface area contributed by atoms with E-state index in [1.165, 1.54) is 6.92 Å². The van der Waals surface area contributed by atoms with Gasteiger partial charge in [-0.25, -0.2) is 4.79 Å². The molecular weight excluding hydrogens is 635 g/mol. The van der Waals surface area contributed by atoms with Crippen LogP contribution in [-0.2, 0) is 19.2 Å². The van der Waals surface area contributed by atoms with E-state index in [0.717, 1.165) is 16.2 Å². The number of ketones is 1. The third-order valence-electron chi connectivity index (χ3n) is 5.62. The highest BCUT2D eigenvalue weighted by Gasteiger charge is 2.32. The lowest BCUT2D eigenvalue weighted by molar-refractivity contribution is -0.140. The summed E-state index contributed by atoms with van der Waals surface area (Å²) in [4.78, 5) is 43.4. The Labute approximate surface area is 239 Å². The second kappa shape index (κ2) is 14.5. The van der Waals surface area contributed by atoms with Crippen LogP contribution < -0.4 is 5.32 Å².